The molecule has 2 rings (SSSR count). The lowest BCUT2D eigenvalue weighted by molar-refractivity contribution is -0.385. The van der Waals surface area contributed by atoms with E-state index in [0.29, 0.717) is 6.54 Å². The Labute approximate surface area is 114 Å². The largest absolute Gasteiger partial charge is 0.508 e. The summed E-state index contributed by atoms with van der Waals surface area (Å²) in [6.45, 7) is 2.48. The second-order valence-corrected chi connectivity index (χ2v) is 5.53. The number of hydrogen-bond donors (Lipinski definition) is 1. The fourth-order valence-electron chi connectivity index (χ4n) is 2.04. The van der Waals surface area contributed by atoms with Crippen LogP contribution in [0.15, 0.2) is 18.2 Å². The normalized spacial score (nSPS) is 19.2. The van der Waals surface area contributed by atoms with Gasteiger partial charge >= 0.3 is 0 Å². The quantitative estimate of drug-likeness (QED) is 0.661. The first-order chi connectivity index (χ1) is 9.00. The molecule has 0 radical (unpaired) electrons. The average Bonchev–Trinajstić information content (AvgIpc) is 2.38. The van der Waals surface area contributed by atoms with Crippen LogP contribution >= 0.6 is 11.8 Å². The van der Waals surface area contributed by atoms with Gasteiger partial charge in [0.15, 0.2) is 0 Å². The van der Waals surface area contributed by atoms with Crippen LogP contribution < -0.4 is 0 Å². The van der Waals surface area contributed by atoms with Crippen LogP contribution in [0.2, 0.25) is 0 Å². The molecule has 19 heavy (non-hydrogen) atoms. The number of phenols is 1. The number of aromatic hydroxyl groups is 1. The summed E-state index contributed by atoms with van der Waals surface area (Å²) in [6.07, 6.45) is 0. The molecule has 1 amide bonds. The van der Waals surface area contributed by atoms with E-state index in [1.54, 1.807) is 16.7 Å². The van der Waals surface area contributed by atoms with E-state index < -0.39 is 10.8 Å². The molecule has 1 heterocycles. The number of nitro groups is 1. The Morgan fingerprint density at radius 3 is 2.95 bits per heavy atom. The molecule has 0 spiro atoms. The Kier molecular flexibility index (Phi) is 3.94. The van der Waals surface area contributed by atoms with E-state index in [1.807, 2.05) is 6.92 Å². The van der Waals surface area contributed by atoms with Crippen LogP contribution in [0, 0.1) is 10.1 Å². The number of benzene rings is 1. The van der Waals surface area contributed by atoms with E-state index in [9.17, 15) is 20.0 Å². The number of nitrogens with zero attached hydrogens (tertiary/aromatic N) is 2. The number of nitro benzene ring substituents is 1. The fourth-order valence-corrected chi connectivity index (χ4v) is 3.05. The highest BCUT2D eigenvalue weighted by Gasteiger charge is 2.29. The zero-order valence-electron chi connectivity index (χ0n) is 10.4. The van der Waals surface area contributed by atoms with E-state index >= 15 is 0 Å². The van der Waals surface area contributed by atoms with Crippen LogP contribution in [0.5, 0.6) is 5.75 Å². The molecule has 0 aliphatic carbocycles. The van der Waals surface area contributed by atoms with Crippen LogP contribution in [0.4, 0.5) is 5.69 Å². The van der Waals surface area contributed by atoms with Crippen molar-refractivity contribution in [2.45, 2.75) is 13.0 Å². The van der Waals surface area contributed by atoms with Crippen molar-refractivity contribution >= 4 is 23.4 Å². The molecule has 1 aromatic rings. The average molecular weight is 282 g/mol. The van der Waals surface area contributed by atoms with Crippen molar-refractivity contribution < 1.29 is 14.8 Å². The van der Waals surface area contributed by atoms with Gasteiger partial charge in [0.2, 0.25) is 0 Å². The number of carbonyl (C=O) groups is 1. The van der Waals surface area contributed by atoms with Gasteiger partial charge in [0, 0.05) is 30.2 Å². The molecule has 0 saturated carbocycles. The number of amides is 1. The molecule has 1 aliphatic rings. The van der Waals surface area contributed by atoms with E-state index in [2.05, 4.69) is 0 Å². The summed E-state index contributed by atoms with van der Waals surface area (Å²) in [5, 5.41) is 20.4. The number of rotatable bonds is 2. The first kappa shape index (κ1) is 13.7. The monoisotopic (exact) mass is 282 g/mol. The molecule has 6 nitrogen and oxygen atoms in total. The second kappa shape index (κ2) is 5.48. The Morgan fingerprint density at radius 2 is 2.32 bits per heavy atom. The molecule has 1 N–H and O–H groups in total. The van der Waals surface area contributed by atoms with Gasteiger partial charge in [-0.25, -0.2) is 0 Å². The van der Waals surface area contributed by atoms with Crippen LogP contribution in [-0.2, 0) is 0 Å². The number of carbonyl (C=O) groups excluding carboxylic acids is 1. The molecule has 0 aromatic heterocycles. The Bertz CT molecular complexity index is 520. The van der Waals surface area contributed by atoms with Crippen molar-refractivity contribution in [2.75, 3.05) is 18.1 Å². The number of hydrogen-bond acceptors (Lipinski definition) is 5. The van der Waals surface area contributed by atoms with E-state index in [-0.39, 0.29) is 23.0 Å². The highest BCUT2D eigenvalue weighted by Crippen LogP contribution is 2.27. The molecule has 1 unspecified atom stereocenters. The van der Waals surface area contributed by atoms with Crippen molar-refractivity contribution in [3.05, 3.63) is 33.9 Å². The van der Waals surface area contributed by atoms with Crippen LogP contribution in [0.1, 0.15) is 17.3 Å². The minimum Gasteiger partial charge on any atom is -0.508 e. The van der Waals surface area contributed by atoms with Crippen molar-refractivity contribution in [1.29, 1.82) is 0 Å². The first-order valence-corrected chi connectivity index (χ1v) is 7.02. The predicted octanol–water partition coefficient (Wildman–Crippen LogP) is 1.88. The Balaban J connectivity index is 2.37. The first-order valence-electron chi connectivity index (χ1n) is 5.87. The van der Waals surface area contributed by atoms with E-state index in [1.165, 1.54) is 6.07 Å². The fraction of sp³-hybridized carbons (Fsp3) is 0.417. The van der Waals surface area contributed by atoms with Gasteiger partial charge in [0.25, 0.3) is 11.6 Å². The highest BCUT2D eigenvalue weighted by atomic mass is 32.2. The lowest BCUT2D eigenvalue weighted by atomic mass is 10.1. The lowest BCUT2D eigenvalue weighted by Gasteiger charge is -2.33. The maximum Gasteiger partial charge on any atom is 0.282 e. The molecule has 7 heteroatoms. The smallest absolute Gasteiger partial charge is 0.282 e. The number of thioether (sulfide) groups is 1. The SMILES string of the molecule is CC1CSCCN1C(=O)c1cc(O)ccc1[N+](=O)[O-]. The third-order valence-corrected chi connectivity index (χ3v) is 4.23. The summed E-state index contributed by atoms with van der Waals surface area (Å²) in [6, 6.07) is 3.57. The van der Waals surface area contributed by atoms with Gasteiger partial charge in [-0.3, -0.25) is 14.9 Å². The molecular weight excluding hydrogens is 268 g/mol. The summed E-state index contributed by atoms with van der Waals surface area (Å²) in [7, 11) is 0. The van der Waals surface area contributed by atoms with Gasteiger partial charge in [-0.15, -0.1) is 0 Å². The minimum atomic E-state index is -0.601. The molecule has 0 bridgehead atoms. The van der Waals surface area contributed by atoms with E-state index in [4.69, 9.17) is 0 Å². The lowest BCUT2D eigenvalue weighted by Crippen LogP contribution is -2.44. The molecule has 1 atom stereocenters. The van der Waals surface area contributed by atoms with Gasteiger partial charge < -0.3 is 10.0 Å². The highest BCUT2D eigenvalue weighted by molar-refractivity contribution is 7.99. The standard InChI is InChI=1S/C12H14N2O4S/c1-8-7-19-5-4-13(8)12(16)10-6-9(15)2-3-11(10)14(17)18/h2-3,6,8,15H,4-5,7H2,1H3. The van der Waals surface area contributed by atoms with Crippen molar-refractivity contribution in [3.63, 3.8) is 0 Å². The molecular formula is C12H14N2O4S. The van der Waals surface area contributed by atoms with Crippen LogP contribution in [0.3, 0.4) is 0 Å². The number of phenolic OH excluding ortho intramolecular Hbond substituents is 1. The van der Waals surface area contributed by atoms with Crippen molar-refractivity contribution in [2.24, 2.45) is 0 Å². The van der Waals surface area contributed by atoms with Crippen LogP contribution in [-0.4, -0.2) is 44.9 Å². The predicted molar refractivity (Wildman–Crippen MR) is 72.6 cm³/mol. The summed E-state index contributed by atoms with van der Waals surface area (Å²) < 4.78 is 0. The van der Waals surface area contributed by atoms with Crippen molar-refractivity contribution in [1.82, 2.24) is 4.90 Å². The maximum atomic E-state index is 12.4. The summed E-state index contributed by atoms with van der Waals surface area (Å²) in [5.41, 5.74) is -0.322. The van der Waals surface area contributed by atoms with Gasteiger partial charge in [0.1, 0.15) is 11.3 Å². The minimum absolute atomic E-state index is 0.0354. The third kappa shape index (κ3) is 2.81. The summed E-state index contributed by atoms with van der Waals surface area (Å²) in [5.74, 6) is 1.10. The zero-order chi connectivity index (χ0) is 14.0. The van der Waals surface area contributed by atoms with Gasteiger partial charge in [-0.2, -0.15) is 11.8 Å². The van der Waals surface area contributed by atoms with E-state index in [0.717, 1.165) is 23.6 Å². The van der Waals surface area contributed by atoms with Gasteiger partial charge in [-0.1, -0.05) is 0 Å². The molecule has 1 aromatic carbocycles. The zero-order valence-corrected chi connectivity index (χ0v) is 11.2. The van der Waals surface area contributed by atoms with Gasteiger partial charge in [-0.05, 0) is 19.1 Å². The molecule has 1 aliphatic heterocycles. The second-order valence-electron chi connectivity index (χ2n) is 4.38. The maximum absolute atomic E-state index is 12.4. The molecule has 102 valence electrons. The molecule has 1 fully saturated rings. The molecule has 1 saturated heterocycles. The van der Waals surface area contributed by atoms with Crippen molar-refractivity contribution in [3.8, 4) is 5.75 Å². The summed E-state index contributed by atoms with van der Waals surface area (Å²) >= 11 is 1.76. The Hall–Kier alpha value is -1.76. The van der Waals surface area contributed by atoms with Crippen LogP contribution in [0.25, 0.3) is 0 Å². The topological polar surface area (TPSA) is 83.7 Å². The third-order valence-electron chi connectivity index (χ3n) is 3.04. The Morgan fingerprint density at radius 1 is 1.58 bits per heavy atom. The van der Waals surface area contributed by atoms with Gasteiger partial charge in [0.05, 0.1) is 4.92 Å². The summed E-state index contributed by atoms with van der Waals surface area (Å²) in [4.78, 5) is 24.4.